The zero-order valence-electron chi connectivity index (χ0n) is 23.9. The molecule has 0 aromatic heterocycles. The Labute approximate surface area is 227 Å². The normalized spacial score (nSPS) is 12.1. The lowest BCUT2D eigenvalue weighted by Gasteiger charge is -2.13. The Bertz CT molecular complexity index is 640. The van der Waals surface area contributed by atoms with Crippen LogP contribution in [0.15, 0.2) is 0 Å². The predicted molar refractivity (Wildman–Crippen MR) is 151 cm³/mol. The van der Waals surface area contributed by atoms with E-state index in [4.69, 9.17) is 9.47 Å². The van der Waals surface area contributed by atoms with Crippen LogP contribution in [-0.4, -0.2) is 43.4 Å². The molecule has 8 nitrogen and oxygen atoms in total. The summed E-state index contributed by atoms with van der Waals surface area (Å²) < 4.78 is 42.7. The van der Waals surface area contributed by atoms with Crippen LogP contribution in [0.2, 0.25) is 0 Å². The van der Waals surface area contributed by atoms with E-state index in [-0.39, 0.29) is 19.4 Å². The standard InChI is InChI=1S/C28H54O7S.H3N/c1-3-5-7-9-11-13-15-17-19-21-23-34-27(29)25-26(36(31,32)33)28(30)35-24-22-20-18-16-14-12-10-8-6-4-2;/h26H,3-25H2,1-2H3,(H,31,32,33);1H3. The summed E-state index contributed by atoms with van der Waals surface area (Å²) in [5.74, 6) is -1.91. The minimum absolute atomic E-state index is 0. The Morgan fingerprint density at radius 3 is 1.27 bits per heavy atom. The molecule has 0 aromatic rings. The van der Waals surface area contributed by atoms with Gasteiger partial charge < -0.3 is 15.6 Å². The fourth-order valence-electron chi connectivity index (χ4n) is 4.15. The van der Waals surface area contributed by atoms with E-state index >= 15 is 0 Å². The van der Waals surface area contributed by atoms with Crippen molar-refractivity contribution in [3.05, 3.63) is 0 Å². The summed E-state index contributed by atoms with van der Waals surface area (Å²) in [4.78, 5) is 24.2. The highest BCUT2D eigenvalue weighted by Gasteiger charge is 2.35. The molecule has 0 saturated carbocycles. The predicted octanol–water partition coefficient (Wildman–Crippen LogP) is 7.72. The maximum absolute atomic E-state index is 12.2. The summed E-state index contributed by atoms with van der Waals surface area (Å²) in [5.41, 5.74) is 0. The van der Waals surface area contributed by atoms with E-state index < -0.39 is 33.7 Å². The van der Waals surface area contributed by atoms with Gasteiger partial charge >= 0.3 is 11.9 Å². The Balaban J connectivity index is 0. The molecular weight excluding hydrogens is 494 g/mol. The van der Waals surface area contributed by atoms with Crippen LogP contribution in [0, 0.1) is 0 Å². The Kier molecular flexibility index (Phi) is 27.1. The summed E-state index contributed by atoms with van der Waals surface area (Å²) >= 11 is 0. The highest BCUT2D eigenvalue weighted by atomic mass is 32.2. The summed E-state index contributed by atoms with van der Waals surface area (Å²) in [6.45, 7) is 4.67. The first-order valence-electron chi connectivity index (χ1n) is 14.6. The molecule has 0 rings (SSSR count). The zero-order valence-corrected chi connectivity index (χ0v) is 24.7. The van der Waals surface area contributed by atoms with Gasteiger partial charge in [-0.25, -0.2) is 0 Å². The van der Waals surface area contributed by atoms with Crippen LogP contribution in [0.4, 0.5) is 0 Å². The van der Waals surface area contributed by atoms with E-state index in [0.29, 0.717) is 12.8 Å². The first-order valence-corrected chi connectivity index (χ1v) is 16.1. The lowest BCUT2D eigenvalue weighted by Crippen LogP contribution is -2.34. The quantitative estimate of drug-likeness (QED) is 0.0631. The molecule has 0 radical (unpaired) electrons. The average Bonchev–Trinajstić information content (AvgIpc) is 2.83. The minimum Gasteiger partial charge on any atom is -0.466 e. The largest absolute Gasteiger partial charge is 0.466 e. The fraction of sp³-hybridized carbons (Fsp3) is 0.929. The lowest BCUT2D eigenvalue weighted by molar-refractivity contribution is -0.150. The highest BCUT2D eigenvalue weighted by Crippen LogP contribution is 2.13. The van der Waals surface area contributed by atoms with Crippen molar-refractivity contribution < 1.29 is 32.0 Å². The van der Waals surface area contributed by atoms with Crippen LogP contribution in [0.25, 0.3) is 0 Å². The zero-order chi connectivity index (χ0) is 26.9. The molecule has 1 unspecified atom stereocenters. The summed E-state index contributed by atoms with van der Waals surface area (Å²) in [6.07, 6.45) is 22.1. The summed E-state index contributed by atoms with van der Waals surface area (Å²) in [7, 11) is -4.75. The van der Waals surface area contributed by atoms with E-state index in [1.807, 2.05) is 0 Å². The molecular formula is C28H57NO7S. The van der Waals surface area contributed by atoms with Crippen LogP contribution in [0.5, 0.6) is 0 Å². The molecule has 0 amide bonds. The Morgan fingerprint density at radius 1 is 0.595 bits per heavy atom. The van der Waals surface area contributed by atoms with E-state index in [0.717, 1.165) is 38.5 Å². The van der Waals surface area contributed by atoms with Gasteiger partial charge in [0.1, 0.15) is 0 Å². The van der Waals surface area contributed by atoms with Crippen molar-refractivity contribution in [2.75, 3.05) is 13.2 Å². The third-order valence-electron chi connectivity index (χ3n) is 6.48. The number of carbonyl (C=O) groups is 2. The Hall–Kier alpha value is -1.19. The van der Waals surface area contributed by atoms with E-state index in [2.05, 4.69) is 13.8 Å². The number of esters is 2. The van der Waals surface area contributed by atoms with Crippen LogP contribution in [0.1, 0.15) is 149 Å². The van der Waals surface area contributed by atoms with E-state index in [1.165, 1.54) is 77.0 Å². The van der Waals surface area contributed by atoms with Gasteiger partial charge in [-0.1, -0.05) is 129 Å². The van der Waals surface area contributed by atoms with E-state index in [1.54, 1.807) is 0 Å². The van der Waals surface area contributed by atoms with Crippen molar-refractivity contribution in [2.24, 2.45) is 0 Å². The maximum Gasteiger partial charge on any atom is 0.327 e. The second kappa shape index (κ2) is 26.4. The van der Waals surface area contributed by atoms with Crippen molar-refractivity contribution >= 4 is 22.1 Å². The van der Waals surface area contributed by atoms with Gasteiger partial charge in [0, 0.05) is 0 Å². The molecule has 1 atom stereocenters. The summed E-state index contributed by atoms with van der Waals surface area (Å²) in [5, 5.41) is -1.93. The number of hydrogen-bond acceptors (Lipinski definition) is 7. The van der Waals surface area contributed by atoms with Gasteiger partial charge in [-0.2, -0.15) is 8.42 Å². The molecule has 0 saturated heterocycles. The maximum atomic E-state index is 12.2. The highest BCUT2D eigenvalue weighted by molar-refractivity contribution is 7.87. The minimum atomic E-state index is -4.75. The number of carbonyl (C=O) groups excluding carboxylic acids is 2. The SMILES string of the molecule is CCCCCCCCCCCCOC(=O)CC(C(=O)OCCCCCCCCCCCC)S(=O)(=O)O.N. The molecule has 37 heavy (non-hydrogen) atoms. The number of rotatable bonds is 26. The second-order valence-corrected chi connectivity index (χ2v) is 11.6. The van der Waals surface area contributed by atoms with Gasteiger partial charge in [0.15, 0.2) is 5.25 Å². The summed E-state index contributed by atoms with van der Waals surface area (Å²) in [6, 6.07) is 0. The van der Waals surface area contributed by atoms with Crippen molar-refractivity contribution in [1.29, 1.82) is 0 Å². The van der Waals surface area contributed by atoms with Crippen molar-refractivity contribution in [2.45, 2.75) is 154 Å². The van der Waals surface area contributed by atoms with Crippen molar-refractivity contribution in [3.63, 3.8) is 0 Å². The van der Waals surface area contributed by atoms with E-state index in [9.17, 15) is 22.6 Å². The molecule has 0 bridgehead atoms. The third kappa shape index (κ3) is 24.9. The van der Waals surface area contributed by atoms with Crippen LogP contribution < -0.4 is 6.15 Å². The molecule has 0 spiro atoms. The topological polar surface area (TPSA) is 142 Å². The molecule has 222 valence electrons. The third-order valence-corrected chi connectivity index (χ3v) is 7.56. The number of ether oxygens (including phenoxy) is 2. The van der Waals surface area contributed by atoms with Crippen molar-refractivity contribution in [1.82, 2.24) is 6.15 Å². The first-order chi connectivity index (χ1) is 17.3. The van der Waals surface area contributed by atoms with Gasteiger partial charge in [0.25, 0.3) is 10.1 Å². The van der Waals surface area contributed by atoms with Crippen LogP contribution >= 0.6 is 0 Å². The fourth-order valence-corrected chi connectivity index (χ4v) is 4.81. The second-order valence-electron chi connectivity index (χ2n) is 9.96. The van der Waals surface area contributed by atoms with Gasteiger partial charge in [0.05, 0.1) is 19.6 Å². The van der Waals surface area contributed by atoms with Gasteiger partial charge in [0.2, 0.25) is 0 Å². The molecule has 0 aromatic carbocycles. The molecule has 0 aliphatic carbocycles. The molecule has 0 fully saturated rings. The Morgan fingerprint density at radius 2 is 0.919 bits per heavy atom. The van der Waals surface area contributed by atoms with Gasteiger partial charge in [-0.3, -0.25) is 14.1 Å². The van der Waals surface area contributed by atoms with Gasteiger partial charge in [-0.15, -0.1) is 0 Å². The average molecular weight is 552 g/mol. The number of hydrogen-bond donors (Lipinski definition) is 2. The molecule has 4 N–H and O–H groups in total. The monoisotopic (exact) mass is 551 g/mol. The number of unbranched alkanes of at least 4 members (excludes halogenated alkanes) is 18. The van der Waals surface area contributed by atoms with Crippen LogP contribution in [0.3, 0.4) is 0 Å². The lowest BCUT2D eigenvalue weighted by atomic mass is 10.1. The molecule has 0 aliphatic heterocycles. The smallest absolute Gasteiger partial charge is 0.327 e. The molecule has 9 heteroatoms. The van der Waals surface area contributed by atoms with Crippen LogP contribution in [-0.2, 0) is 29.2 Å². The molecule has 0 aliphatic rings. The van der Waals surface area contributed by atoms with Crippen molar-refractivity contribution in [3.8, 4) is 0 Å². The van der Waals surface area contributed by atoms with Gasteiger partial charge in [-0.05, 0) is 12.8 Å². The molecule has 0 heterocycles. The first kappa shape index (κ1) is 38.0.